The number of nitrogens with two attached hydrogens (primary N) is 1. The van der Waals surface area contributed by atoms with Crippen molar-refractivity contribution in [1.29, 1.82) is 0 Å². The summed E-state index contributed by atoms with van der Waals surface area (Å²) in [6.45, 7) is 0. The average Bonchev–Trinajstić information content (AvgIpc) is 2.21. The van der Waals surface area contributed by atoms with Crippen molar-refractivity contribution in [2.24, 2.45) is 5.84 Å². The molecular formula is C8H10BrN3OS. The van der Waals surface area contributed by atoms with Gasteiger partial charge in [-0.15, -0.1) is 0 Å². The molecule has 0 aliphatic carbocycles. The van der Waals surface area contributed by atoms with Gasteiger partial charge in [-0.05, 0) is 40.3 Å². The SMILES string of the molecule is COc1ccc(Br)c(NC(=S)NN)c1. The van der Waals surface area contributed by atoms with Gasteiger partial charge < -0.3 is 15.5 Å². The molecule has 1 aromatic rings. The quantitative estimate of drug-likeness (QED) is 0.435. The molecule has 1 rings (SSSR count). The fourth-order valence-corrected chi connectivity index (χ4v) is 1.34. The van der Waals surface area contributed by atoms with Gasteiger partial charge in [0.15, 0.2) is 5.11 Å². The summed E-state index contributed by atoms with van der Waals surface area (Å²) in [5.74, 6) is 5.89. The van der Waals surface area contributed by atoms with Gasteiger partial charge in [0, 0.05) is 10.5 Å². The zero-order valence-corrected chi connectivity index (χ0v) is 9.91. The maximum atomic E-state index is 5.14. The van der Waals surface area contributed by atoms with Crippen LogP contribution >= 0.6 is 28.1 Å². The van der Waals surface area contributed by atoms with Crippen molar-refractivity contribution in [3.63, 3.8) is 0 Å². The lowest BCUT2D eigenvalue weighted by atomic mass is 10.3. The molecule has 0 amide bonds. The summed E-state index contributed by atoms with van der Waals surface area (Å²) in [7, 11) is 1.60. The Labute approximate surface area is 95.9 Å². The maximum absolute atomic E-state index is 5.14. The minimum absolute atomic E-state index is 0.346. The number of halogens is 1. The second-order valence-electron chi connectivity index (χ2n) is 2.44. The van der Waals surface area contributed by atoms with Crippen LogP contribution < -0.4 is 21.3 Å². The van der Waals surface area contributed by atoms with Gasteiger partial charge in [0.25, 0.3) is 0 Å². The molecular weight excluding hydrogens is 266 g/mol. The Bertz CT molecular complexity index is 345. The molecule has 0 atom stereocenters. The molecule has 0 saturated carbocycles. The van der Waals surface area contributed by atoms with E-state index in [4.69, 9.17) is 22.8 Å². The second kappa shape index (κ2) is 5.14. The van der Waals surface area contributed by atoms with E-state index in [1.165, 1.54) is 0 Å². The first-order valence-electron chi connectivity index (χ1n) is 3.78. The van der Waals surface area contributed by atoms with Crippen molar-refractivity contribution in [3.8, 4) is 5.75 Å². The summed E-state index contributed by atoms with van der Waals surface area (Å²) in [5.41, 5.74) is 3.14. The molecule has 0 bridgehead atoms. The normalized spacial score (nSPS) is 9.36. The average molecular weight is 276 g/mol. The van der Waals surface area contributed by atoms with Crippen LogP contribution in [0.5, 0.6) is 5.75 Å². The molecule has 76 valence electrons. The van der Waals surface area contributed by atoms with Gasteiger partial charge in [-0.3, -0.25) is 0 Å². The van der Waals surface area contributed by atoms with Crippen LogP contribution in [0.15, 0.2) is 22.7 Å². The van der Waals surface area contributed by atoms with Crippen LogP contribution in [0.4, 0.5) is 5.69 Å². The van der Waals surface area contributed by atoms with Gasteiger partial charge in [-0.25, -0.2) is 5.84 Å². The lowest BCUT2D eigenvalue weighted by Crippen LogP contribution is -2.34. The first-order chi connectivity index (χ1) is 6.67. The highest BCUT2D eigenvalue weighted by Gasteiger charge is 2.02. The predicted octanol–water partition coefficient (Wildman–Crippen LogP) is 1.62. The number of hydrazine groups is 1. The van der Waals surface area contributed by atoms with E-state index < -0.39 is 0 Å². The Morgan fingerprint density at radius 3 is 2.86 bits per heavy atom. The molecule has 0 unspecified atom stereocenters. The van der Waals surface area contributed by atoms with E-state index in [9.17, 15) is 0 Å². The highest BCUT2D eigenvalue weighted by Crippen LogP contribution is 2.26. The van der Waals surface area contributed by atoms with E-state index in [0.29, 0.717) is 5.11 Å². The Balaban J connectivity index is 2.89. The minimum atomic E-state index is 0.346. The fourth-order valence-electron chi connectivity index (χ4n) is 0.886. The Morgan fingerprint density at radius 2 is 2.29 bits per heavy atom. The van der Waals surface area contributed by atoms with Crippen LogP contribution in [0.2, 0.25) is 0 Å². The Hall–Kier alpha value is -0.850. The zero-order chi connectivity index (χ0) is 10.6. The Morgan fingerprint density at radius 1 is 1.57 bits per heavy atom. The van der Waals surface area contributed by atoms with Crippen LogP contribution in [-0.2, 0) is 0 Å². The third-order valence-corrected chi connectivity index (χ3v) is 2.46. The van der Waals surface area contributed by atoms with Gasteiger partial charge in [0.1, 0.15) is 5.75 Å². The smallest absolute Gasteiger partial charge is 0.185 e. The van der Waals surface area contributed by atoms with Crippen LogP contribution in [0.3, 0.4) is 0 Å². The topological polar surface area (TPSA) is 59.3 Å². The first kappa shape index (κ1) is 11.2. The zero-order valence-electron chi connectivity index (χ0n) is 7.50. The third-order valence-electron chi connectivity index (χ3n) is 1.55. The molecule has 0 aliphatic heterocycles. The highest BCUT2D eigenvalue weighted by molar-refractivity contribution is 9.10. The number of ether oxygens (including phenoxy) is 1. The van der Waals surface area contributed by atoms with Crippen molar-refractivity contribution < 1.29 is 4.74 Å². The summed E-state index contributed by atoms with van der Waals surface area (Å²) >= 11 is 8.24. The molecule has 4 nitrogen and oxygen atoms in total. The number of thiocarbonyl (C=S) groups is 1. The number of methoxy groups -OCH3 is 1. The third kappa shape index (κ3) is 2.83. The van der Waals surface area contributed by atoms with E-state index in [1.54, 1.807) is 7.11 Å². The molecule has 0 heterocycles. The van der Waals surface area contributed by atoms with Crippen molar-refractivity contribution in [2.75, 3.05) is 12.4 Å². The van der Waals surface area contributed by atoms with Gasteiger partial charge in [0.05, 0.1) is 12.8 Å². The van der Waals surface area contributed by atoms with Crippen LogP contribution in [0.1, 0.15) is 0 Å². The van der Waals surface area contributed by atoms with Gasteiger partial charge in [0.2, 0.25) is 0 Å². The van der Waals surface area contributed by atoms with Gasteiger partial charge >= 0.3 is 0 Å². The molecule has 4 N–H and O–H groups in total. The van der Waals surface area contributed by atoms with Crippen molar-refractivity contribution >= 4 is 38.9 Å². The number of hydrogen-bond acceptors (Lipinski definition) is 3. The number of anilines is 1. The van der Waals surface area contributed by atoms with Crippen LogP contribution in [0, 0.1) is 0 Å². The molecule has 0 spiro atoms. The van der Waals surface area contributed by atoms with Gasteiger partial charge in [-0.2, -0.15) is 0 Å². The number of nitrogens with one attached hydrogen (secondary N) is 2. The number of rotatable bonds is 2. The number of benzene rings is 1. The molecule has 0 fully saturated rings. The highest BCUT2D eigenvalue weighted by atomic mass is 79.9. The molecule has 1 aromatic carbocycles. The minimum Gasteiger partial charge on any atom is -0.497 e. The predicted molar refractivity (Wildman–Crippen MR) is 64.2 cm³/mol. The summed E-state index contributed by atoms with van der Waals surface area (Å²) in [4.78, 5) is 0. The molecule has 0 aromatic heterocycles. The summed E-state index contributed by atoms with van der Waals surface area (Å²) in [6.07, 6.45) is 0. The molecule has 0 radical (unpaired) electrons. The van der Waals surface area contributed by atoms with E-state index in [-0.39, 0.29) is 0 Å². The standard InChI is InChI=1S/C8H10BrN3OS/c1-13-5-2-3-6(9)7(4-5)11-8(14)12-10/h2-4H,10H2,1H3,(H2,11,12,14). The second-order valence-corrected chi connectivity index (χ2v) is 3.71. The first-order valence-corrected chi connectivity index (χ1v) is 4.98. The lowest BCUT2D eigenvalue weighted by Gasteiger charge is -2.10. The maximum Gasteiger partial charge on any atom is 0.185 e. The molecule has 0 saturated heterocycles. The van der Waals surface area contributed by atoms with E-state index >= 15 is 0 Å². The monoisotopic (exact) mass is 275 g/mol. The number of hydrogen-bond donors (Lipinski definition) is 3. The summed E-state index contributed by atoms with van der Waals surface area (Å²) < 4.78 is 5.95. The van der Waals surface area contributed by atoms with Crippen LogP contribution in [-0.4, -0.2) is 12.2 Å². The Kier molecular flexibility index (Phi) is 4.12. The van der Waals surface area contributed by atoms with E-state index in [0.717, 1.165) is 15.9 Å². The lowest BCUT2D eigenvalue weighted by molar-refractivity contribution is 0.415. The van der Waals surface area contributed by atoms with E-state index in [1.807, 2.05) is 18.2 Å². The van der Waals surface area contributed by atoms with Crippen molar-refractivity contribution in [1.82, 2.24) is 5.43 Å². The van der Waals surface area contributed by atoms with Crippen molar-refractivity contribution in [2.45, 2.75) is 0 Å². The molecule has 6 heteroatoms. The van der Waals surface area contributed by atoms with Gasteiger partial charge in [-0.1, -0.05) is 0 Å². The summed E-state index contributed by atoms with van der Waals surface area (Å²) in [5, 5.41) is 3.25. The molecule has 0 aliphatic rings. The largest absolute Gasteiger partial charge is 0.497 e. The van der Waals surface area contributed by atoms with Crippen LogP contribution in [0.25, 0.3) is 0 Å². The van der Waals surface area contributed by atoms with E-state index in [2.05, 4.69) is 26.7 Å². The fraction of sp³-hybridized carbons (Fsp3) is 0.125. The van der Waals surface area contributed by atoms with Crippen molar-refractivity contribution in [3.05, 3.63) is 22.7 Å². The summed E-state index contributed by atoms with van der Waals surface area (Å²) in [6, 6.07) is 5.52. The molecule has 14 heavy (non-hydrogen) atoms.